The summed E-state index contributed by atoms with van der Waals surface area (Å²) >= 11 is 12.2. The third-order valence-electron chi connectivity index (χ3n) is 3.34. The maximum absolute atomic E-state index is 8.85. The molecule has 1 aromatic heterocycles. The Labute approximate surface area is 155 Å². The minimum atomic E-state index is 0.432. The number of nitriles is 1. The summed E-state index contributed by atoms with van der Waals surface area (Å²) in [6, 6.07) is 16.3. The molecule has 0 aliphatic rings. The Morgan fingerprint density at radius 1 is 1.00 bits per heavy atom. The van der Waals surface area contributed by atoms with E-state index in [-0.39, 0.29) is 0 Å². The Hall–Kier alpha value is -2.81. The molecule has 2 N–H and O–H groups in total. The fraction of sp³-hybridized carbons (Fsp3) is 0.0556. The number of aromatic nitrogens is 2. The van der Waals surface area contributed by atoms with Crippen molar-refractivity contribution in [2.24, 2.45) is 0 Å². The summed E-state index contributed by atoms with van der Waals surface area (Å²) in [5.41, 5.74) is 2.83. The molecule has 25 heavy (non-hydrogen) atoms. The molecule has 0 saturated heterocycles. The Morgan fingerprint density at radius 2 is 1.76 bits per heavy atom. The molecule has 0 spiro atoms. The molecule has 0 saturated carbocycles. The normalized spacial score (nSPS) is 10.2. The molecule has 124 valence electrons. The number of nitrogens with one attached hydrogen (secondary N) is 2. The van der Waals surface area contributed by atoms with Gasteiger partial charge in [0.25, 0.3) is 0 Å². The summed E-state index contributed by atoms with van der Waals surface area (Å²) in [6.07, 6.45) is 0. The number of anilines is 4. The fourth-order valence-corrected chi connectivity index (χ4v) is 2.53. The largest absolute Gasteiger partial charge is 0.339 e. The zero-order chi connectivity index (χ0) is 17.8. The highest BCUT2D eigenvalue weighted by atomic mass is 35.5. The van der Waals surface area contributed by atoms with Gasteiger partial charge in [-0.15, -0.1) is 0 Å². The van der Waals surface area contributed by atoms with Gasteiger partial charge in [0.15, 0.2) is 0 Å². The van der Waals surface area contributed by atoms with E-state index in [9.17, 15) is 0 Å². The molecular formula is C18H13Cl2N5. The summed E-state index contributed by atoms with van der Waals surface area (Å²) in [4.78, 5) is 8.80. The number of nitrogens with zero attached hydrogens (tertiary/aromatic N) is 3. The predicted molar refractivity (Wildman–Crippen MR) is 101 cm³/mol. The lowest BCUT2D eigenvalue weighted by Gasteiger charge is -2.11. The number of rotatable bonds is 4. The second-order valence-corrected chi connectivity index (χ2v) is 6.04. The molecule has 2 aromatic carbocycles. The first-order valence-electron chi connectivity index (χ1n) is 7.39. The Bertz CT molecular complexity index is 949. The summed E-state index contributed by atoms with van der Waals surface area (Å²) in [7, 11) is 0. The van der Waals surface area contributed by atoms with Crippen LogP contribution in [0.3, 0.4) is 0 Å². The van der Waals surface area contributed by atoms with E-state index < -0.39 is 0 Å². The van der Waals surface area contributed by atoms with Crippen molar-refractivity contribution in [2.75, 3.05) is 10.6 Å². The lowest BCUT2D eigenvalue weighted by Crippen LogP contribution is -2.02. The van der Waals surface area contributed by atoms with Crippen molar-refractivity contribution in [3.8, 4) is 6.07 Å². The molecule has 7 heteroatoms. The van der Waals surface area contributed by atoms with Crippen LogP contribution in [0.1, 0.15) is 11.3 Å². The van der Waals surface area contributed by atoms with E-state index in [1.165, 1.54) is 0 Å². The summed E-state index contributed by atoms with van der Waals surface area (Å²) in [5.74, 6) is 1.03. The average Bonchev–Trinajstić information content (AvgIpc) is 2.59. The minimum Gasteiger partial charge on any atom is -0.339 e. The van der Waals surface area contributed by atoms with E-state index in [2.05, 4.69) is 26.7 Å². The second kappa shape index (κ2) is 7.39. The third-order valence-corrected chi connectivity index (χ3v) is 4.16. The quantitative estimate of drug-likeness (QED) is 0.639. The van der Waals surface area contributed by atoms with Gasteiger partial charge in [-0.25, -0.2) is 4.98 Å². The first kappa shape index (κ1) is 17.0. The standard InChI is InChI=1S/C18H13Cl2N5/c1-11-9-16(24-15-4-2-3-14(19)17(15)20)25-18(22-11)23-13-7-5-12(10-21)6-8-13/h2-9H,1H3,(H2,22,23,24,25). The average molecular weight is 370 g/mol. The van der Waals surface area contributed by atoms with E-state index in [4.69, 9.17) is 28.5 Å². The first-order valence-corrected chi connectivity index (χ1v) is 8.14. The second-order valence-electron chi connectivity index (χ2n) is 5.26. The monoisotopic (exact) mass is 369 g/mol. The number of benzene rings is 2. The van der Waals surface area contributed by atoms with Crippen LogP contribution < -0.4 is 10.6 Å². The molecule has 0 amide bonds. The van der Waals surface area contributed by atoms with Crippen molar-refractivity contribution in [1.29, 1.82) is 5.26 Å². The van der Waals surface area contributed by atoms with E-state index >= 15 is 0 Å². The topological polar surface area (TPSA) is 73.6 Å². The third kappa shape index (κ3) is 4.18. The summed E-state index contributed by atoms with van der Waals surface area (Å²) in [5, 5.41) is 16.0. The lowest BCUT2D eigenvalue weighted by molar-refractivity contribution is 1.11. The van der Waals surface area contributed by atoms with Crippen molar-refractivity contribution in [3.05, 3.63) is 69.8 Å². The number of hydrogen-bond donors (Lipinski definition) is 2. The summed E-state index contributed by atoms with van der Waals surface area (Å²) < 4.78 is 0. The highest BCUT2D eigenvalue weighted by molar-refractivity contribution is 6.43. The van der Waals surface area contributed by atoms with Crippen LogP contribution in [0, 0.1) is 18.3 Å². The van der Waals surface area contributed by atoms with Gasteiger partial charge in [-0.1, -0.05) is 29.3 Å². The molecule has 3 rings (SSSR count). The van der Waals surface area contributed by atoms with E-state index in [0.717, 1.165) is 11.4 Å². The van der Waals surface area contributed by atoms with Crippen molar-refractivity contribution >= 4 is 46.3 Å². The zero-order valence-electron chi connectivity index (χ0n) is 13.2. The SMILES string of the molecule is Cc1cc(Nc2cccc(Cl)c2Cl)nc(Nc2ccc(C#N)cc2)n1. The van der Waals surface area contributed by atoms with Gasteiger partial charge in [0, 0.05) is 17.4 Å². The van der Waals surface area contributed by atoms with Crippen LogP contribution in [0.5, 0.6) is 0 Å². The first-order chi connectivity index (χ1) is 12.0. The lowest BCUT2D eigenvalue weighted by atomic mass is 10.2. The molecule has 0 aliphatic heterocycles. The van der Waals surface area contributed by atoms with Crippen LogP contribution in [-0.4, -0.2) is 9.97 Å². The van der Waals surface area contributed by atoms with E-state index in [1.807, 2.05) is 13.0 Å². The van der Waals surface area contributed by atoms with Crippen LogP contribution in [0.15, 0.2) is 48.5 Å². The van der Waals surface area contributed by atoms with Gasteiger partial charge in [-0.3, -0.25) is 0 Å². The van der Waals surface area contributed by atoms with Gasteiger partial charge in [0.05, 0.1) is 27.4 Å². The molecule has 3 aromatic rings. The number of hydrogen-bond acceptors (Lipinski definition) is 5. The van der Waals surface area contributed by atoms with Crippen molar-refractivity contribution in [1.82, 2.24) is 9.97 Å². The van der Waals surface area contributed by atoms with Gasteiger partial charge in [0.1, 0.15) is 5.82 Å². The maximum atomic E-state index is 8.85. The van der Waals surface area contributed by atoms with Crippen molar-refractivity contribution in [2.45, 2.75) is 6.92 Å². The van der Waals surface area contributed by atoms with Crippen LogP contribution in [0.25, 0.3) is 0 Å². The van der Waals surface area contributed by atoms with Crippen molar-refractivity contribution < 1.29 is 0 Å². The Kier molecular flexibility index (Phi) is 5.03. The molecule has 0 unspecified atom stereocenters. The molecule has 0 atom stereocenters. The predicted octanol–water partition coefficient (Wildman–Crippen LogP) is 5.45. The van der Waals surface area contributed by atoms with Crippen molar-refractivity contribution in [3.63, 3.8) is 0 Å². The van der Waals surface area contributed by atoms with E-state index in [1.54, 1.807) is 42.5 Å². The van der Waals surface area contributed by atoms with Gasteiger partial charge in [0.2, 0.25) is 5.95 Å². The molecule has 5 nitrogen and oxygen atoms in total. The maximum Gasteiger partial charge on any atom is 0.229 e. The fourth-order valence-electron chi connectivity index (χ4n) is 2.18. The van der Waals surface area contributed by atoms with Crippen LogP contribution >= 0.6 is 23.2 Å². The highest BCUT2D eigenvalue weighted by Crippen LogP contribution is 2.31. The zero-order valence-corrected chi connectivity index (χ0v) is 14.7. The van der Waals surface area contributed by atoms with Gasteiger partial charge in [-0.05, 0) is 43.3 Å². The molecule has 0 aliphatic carbocycles. The molecule has 0 fully saturated rings. The van der Waals surface area contributed by atoms with Gasteiger partial charge in [-0.2, -0.15) is 10.2 Å². The minimum absolute atomic E-state index is 0.432. The molecule has 0 radical (unpaired) electrons. The van der Waals surface area contributed by atoms with Crippen LogP contribution in [-0.2, 0) is 0 Å². The van der Waals surface area contributed by atoms with Crippen LogP contribution in [0.4, 0.5) is 23.1 Å². The molecule has 0 bridgehead atoms. The van der Waals surface area contributed by atoms with Gasteiger partial charge < -0.3 is 10.6 Å². The Balaban J connectivity index is 1.85. The number of halogens is 2. The summed E-state index contributed by atoms with van der Waals surface area (Å²) in [6.45, 7) is 1.87. The molecule has 1 heterocycles. The Morgan fingerprint density at radius 3 is 2.48 bits per heavy atom. The smallest absolute Gasteiger partial charge is 0.229 e. The highest BCUT2D eigenvalue weighted by Gasteiger charge is 2.08. The molecular weight excluding hydrogens is 357 g/mol. The van der Waals surface area contributed by atoms with Crippen LogP contribution in [0.2, 0.25) is 10.0 Å². The number of aryl methyl sites for hydroxylation is 1. The van der Waals surface area contributed by atoms with Gasteiger partial charge >= 0.3 is 0 Å². The van der Waals surface area contributed by atoms with E-state index in [0.29, 0.717) is 33.1 Å².